The van der Waals surface area contributed by atoms with Crippen LogP contribution in [0, 0.1) is 0 Å². The van der Waals surface area contributed by atoms with Gasteiger partial charge in [0, 0.05) is 12.6 Å². The molecule has 0 bridgehead atoms. The van der Waals surface area contributed by atoms with Crippen LogP contribution in [0.2, 0.25) is 0 Å². The first-order chi connectivity index (χ1) is 6.27. The van der Waals surface area contributed by atoms with E-state index in [0.29, 0.717) is 6.04 Å². The van der Waals surface area contributed by atoms with E-state index in [4.69, 9.17) is 23.2 Å². The van der Waals surface area contributed by atoms with Crippen LogP contribution in [-0.2, 0) is 0 Å². The maximum atomic E-state index is 5.96. The molecule has 13 heavy (non-hydrogen) atoms. The predicted octanol–water partition coefficient (Wildman–Crippen LogP) is 3.93. The third-order valence-corrected chi connectivity index (χ3v) is 4.71. The molecule has 1 aliphatic carbocycles. The van der Waals surface area contributed by atoms with Gasteiger partial charge in [0.15, 0.2) is 0 Å². The maximum absolute atomic E-state index is 5.96. The summed E-state index contributed by atoms with van der Waals surface area (Å²) in [7, 11) is 0. The summed E-state index contributed by atoms with van der Waals surface area (Å²) in [4.78, 5) is 0. The lowest BCUT2D eigenvalue weighted by Gasteiger charge is -2.29. The average Bonchev–Trinajstić information content (AvgIpc) is 2.49. The zero-order valence-electron chi connectivity index (χ0n) is 7.43. The highest BCUT2D eigenvalue weighted by Gasteiger charge is 2.28. The van der Waals surface area contributed by atoms with Crippen LogP contribution in [0.4, 0.5) is 0 Å². The van der Waals surface area contributed by atoms with Gasteiger partial charge in [-0.25, -0.2) is 4.31 Å². The second-order valence-corrected chi connectivity index (χ2v) is 5.76. The molecule has 0 spiro atoms. The molecule has 2 rings (SSSR count). The van der Waals surface area contributed by atoms with Crippen molar-refractivity contribution in [2.24, 2.45) is 0 Å². The Kier molecular flexibility index (Phi) is 3.46. The Morgan fingerprint density at radius 1 is 1.15 bits per heavy atom. The molecular weight excluding hydrogens is 225 g/mol. The predicted molar refractivity (Wildman–Crippen MR) is 59.9 cm³/mol. The maximum Gasteiger partial charge on any atom is 0.105 e. The van der Waals surface area contributed by atoms with E-state index >= 15 is 0 Å². The molecule has 1 heterocycles. The Morgan fingerprint density at radius 2 is 1.85 bits per heavy atom. The van der Waals surface area contributed by atoms with Gasteiger partial charge in [-0.05, 0) is 24.8 Å². The number of nitrogens with zero attached hydrogens (tertiary/aromatic N) is 1. The van der Waals surface area contributed by atoms with Gasteiger partial charge in [0.2, 0.25) is 0 Å². The second-order valence-electron chi connectivity index (χ2n) is 3.64. The molecule has 2 aliphatic rings. The minimum atomic E-state index is 0.698. The standard InChI is InChI=1S/C9H13Cl2NS/c10-8-6-12(13-9(8)11)7-4-2-1-3-5-7/h7H,1-6H2. The lowest BCUT2D eigenvalue weighted by molar-refractivity contribution is 0.291. The molecule has 0 aromatic rings. The minimum Gasteiger partial charge on any atom is -0.237 e. The molecule has 0 saturated heterocycles. The third kappa shape index (κ3) is 2.35. The van der Waals surface area contributed by atoms with Gasteiger partial charge < -0.3 is 0 Å². The quantitative estimate of drug-likeness (QED) is 0.637. The van der Waals surface area contributed by atoms with E-state index in [-0.39, 0.29) is 0 Å². The summed E-state index contributed by atoms with van der Waals surface area (Å²) in [5, 5.41) is 0.817. The summed E-state index contributed by atoms with van der Waals surface area (Å²) in [5.41, 5.74) is 0. The van der Waals surface area contributed by atoms with E-state index in [1.807, 2.05) is 0 Å². The molecule has 0 aromatic heterocycles. The van der Waals surface area contributed by atoms with Gasteiger partial charge in [0.05, 0.1) is 5.03 Å². The zero-order valence-corrected chi connectivity index (χ0v) is 9.76. The van der Waals surface area contributed by atoms with Gasteiger partial charge >= 0.3 is 0 Å². The highest BCUT2D eigenvalue weighted by atomic mass is 35.5. The van der Waals surface area contributed by atoms with Crippen molar-refractivity contribution in [2.75, 3.05) is 6.54 Å². The van der Waals surface area contributed by atoms with Crippen molar-refractivity contribution in [2.45, 2.75) is 38.1 Å². The van der Waals surface area contributed by atoms with E-state index in [9.17, 15) is 0 Å². The average molecular weight is 238 g/mol. The third-order valence-electron chi connectivity index (χ3n) is 2.69. The number of hydrogen-bond acceptors (Lipinski definition) is 2. The highest BCUT2D eigenvalue weighted by Crippen LogP contribution is 2.41. The largest absolute Gasteiger partial charge is 0.237 e. The van der Waals surface area contributed by atoms with E-state index in [0.717, 1.165) is 15.9 Å². The van der Waals surface area contributed by atoms with Crippen molar-refractivity contribution in [3.05, 3.63) is 9.40 Å². The topological polar surface area (TPSA) is 3.24 Å². The lowest BCUT2D eigenvalue weighted by atomic mass is 9.95. The van der Waals surface area contributed by atoms with E-state index < -0.39 is 0 Å². The fourth-order valence-corrected chi connectivity index (χ4v) is 3.51. The van der Waals surface area contributed by atoms with Gasteiger partial charge in [0.25, 0.3) is 0 Å². The van der Waals surface area contributed by atoms with Crippen LogP contribution in [0.5, 0.6) is 0 Å². The Morgan fingerprint density at radius 3 is 2.38 bits per heavy atom. The minimum absolute atomic E-state index is 0.698. The summed E-state index contributed by atoms with van der Waals surface area (Å²) in [6, 6.07) is 0.698. The molecule has 0 N–H and O–H groups in total. The molecule has 0 amide bonds. The molecule has 1 saturated carbocycles. The molecule has 0 aromatic carbocycles. The Hall–Kier alpha value is 0.630. The van der Waals surface area contributed by atoms with Crippen LogP contribution in [0.15, 0.2) is 9.40 Å². The summed E-state index contributed by atoms with van der Waals surface area (Å²) in [5.74, 6) is 0. The first-order valence-electron chi connectivity index (χ1n) is 4.76. The van der Waals surface area contributed by atoms with Crippen LogP contribution in [-0.4, -0.2) is 16.9 Å². The van der Waals surface area contributed by atoms with Gasteiger partial charge in [-0.15, -0.1) is 0 Å². The van der Waals surface area contributed by atoms with Gasteiger partial charge in [-0.1, -0.05) is 42.5 Å². The lowest BCUT2D eigenvalue weighted by Crippen LogP contribution is -2.29. The molecule has 0 unspecified atom stereocenters. The van der Waals surface area contributed by atoms with Crippen molar-refractivity contribution < 1.29 is 0 Å². The SMILES string of the molecule is ClC1=C(Cl)SN(C2CCCCC2)C1. The van der Waals surface area contributed by atoms with Gasteiger partial charge in [-0.3, -0.25) is 0 Å². The molecule has 1 fully saturated rings. The Balaban J connectivity index is 1.90. The number of halogens is 2. The van der Waals surface area contributed by atoms with E-state index in [1.165, 1.54) is 32.1 Å². The molecule has 74 valence electrons. The van der Waals surface area contributed by atoms with Crippen molar-refractivity contribution in [1.29, 1.82) is 0 Å². The van der Waals surface area contributed by atoms with Crippen LogP contribution in [0.1, 0.15) is 32.1 Å². The smallest absolute Gasteiger partial charge is 0.105 e. The fourth-order valence-electron chi connectivity index (χ4n) is 1.96. The molecule has 0 radical (unpaired) electrons. The molecule has 0 atom stereocenters. The highest BCUT2D eigenvalue weighted by molar-refractivity contribution is 8.02. The Bertz CT molecular complexity index is 210. The van der Waals surface area contributed by atoms with Crippen molar-refractivity contribution >= 4 is 35.1 Å². The monoisotopic (exact) mass is 237 g/mol. The van der Waals surface area contributed by atoms with E-state index in [2.05, 4.69) is 4.31 Å². The summed E-state index contributed by atoms with van der Waals surface area (Å²) < 4.78 is 3.11. The summed E-state index contributed by atoms with van der Waals surface area (Å²) in [6.45, 7) is 0.843. The fraction of sp³-hybridized carbons (Fsp3) is 0.778. The van der Waals surface area contributed by atoms with Crippen molar-refractivity contribution in [3.8, 4) is 0 Å². The number of rotatable bonds is 1. The first-order valence-corrected chi connectivity index (χ1v) is 6.29. The number of hydrogen-bond donors (Lipinski definition) is 0. The van der Waals surface area contributed by atoms with Crippen LogP contribution < -0.4 is 0 Å². The molecule has 1 nitrogen and oxygen atoms in total. The van der Waals surface area contributed by atoms with Crippen LogP contribution in [0.3, 0.4) is 0 Å². The zero-order chi connectivity index (χ0) is 9.26. The van der Waals surface area contributed by atoms with E-state index in [1.54, 1.807) is 11.9 Å². The normalized spacial score (nSPS) is 27.2. The molecule has 4 heteroatoms. The first kappa shape index (κ1) is 10.2. The summed E-state index contributed by atoms with van der Waals surface area (Å²) in [6.07, 6.45) is 6.72. The van der Waals surface area contributed by atoms with Crippen LogP contribution in [0.25, 0.3) is 0 Å². The summed E-state index contributed by atoms with van der Waals surface area (Å²) >= 11 is 13.5. The Labute approximate surface area is 93.6 Å². The molecule has 1 aliphatic heterocycles. The second kappa shape index (κ2) is 4.43. The van der Waals surface area contributed by atoms with Crippen LogP contribution >= 0.6 is 35.1 Å². The van der Waals surface area contributed by atoms with Gasteiger partial charge in [-0.2, -0.15) is 0 Å². The molecular formula is C9H13Cl2NS. The van der Waals surface area contributed by atoms with Crippen molar-refractivity contribution in [1.82, 2.24) is 4.31 Å². The van der Waals surface area contributed by atoms with Gasteiger partial charge in [0.1, 0.15) is 4.36 Å². The van der Waals surface area contributed by atoms with Crippen molar-refractivity contribution in [3.63, 3.8) is 0 Å².